The van der Waals surface area contributed by atoms with Gasteiger partial charge in [0, 0.05) is 6.92 Å². The Hall–Kier alpha value is -1.30. The van der Waals surface area contributed by atoms with E-state index in [1.807, 2.05) is 0 Å². The number of hydrogen-bond acceptors (Lipinski definition) is 8. The van der Waals surface area contributed by atoms with Crippen molar-refractivity contribution in [2.75, 3.05) is 13.2 Å². The molecule has 0 aromatic rings. The zero-order chi connectivity index (χ0) is 21.7. The van der Waals surface area contributed by atoms with E-state index in [0.717, 1.165) is 0 Å². The zero-order valence-corrected chi connectivity index (χ0v) is 17.0. The Labute approximate surface area is 164 Å². The summed E-state index contributed by atoms with van der Waals surface area (Å²) in [6, 6.07) is -1.03. The van der Waals surface area contributed by atoms with Gasteiger partial charge in [-0.2, -0.15) is 0 Å². The lowest BCUT2D eigenvalue weighted by Crippen LogP contribution is -2.65. The van der Waals surface area contributed by atoms with Crippen LogP contribution < -0.4 is 5.32 Å². The highest BCUT2D eigenvalue weighted by Crippen LogP contribution is 2.28. The lowest BCUT2D eigenvalue weighted by Gasteiger charge is -2.44. The number of carboxylic acid groups (broad SMARTS) is 1. The van der Waals surface area contributed by atoms with E-state index in [1.54, 1.807) is 27.7 Å². The van der Waals surface area contributed by atoms with Crippen LogP contribution in [0, 0.1) is 0 Å². The maximum Gasteiger partial charge on any atom is 0.306 e. The molecule has 1 rings (SSSR count). The van der Waals surface area contributed by atoms with Crippen molar-refractivity contribution in [1.82, 2.24) is 5.32 Å². The number of carboxylic acids is 1. The van der Waals surface area contributed by atoms with Gasteiger partial charge < -0.3 is 40.0 Å². The molecule has 1 heterocycles. The molecule has 10 nitrogen and oxygen atoms in total. The van der Waals surface area contributed by atoms with Gasteiger partial charge in [0.05, 0.1) is 30.8 Å². The molecule has 1 amide bonds. The minimum atomic E-state index is -1.39. The Morgan fingerprint density at radius 3 is 2.21 bits per heavy atom. The first-order valence-electron chi connectivity index (χ1n) is 9.21. The fourth-order valence-electron chi connectivity index (χ4n) is 2.93. The van der Waals surface area contributed by atoms with Crippen molar-refractivity contribution >= 4 is 11.9 Å². The number of nitrogens with one attached hydrogen (secondary N) is 1. The highest BCUT2D eigenvalue weighted by molar-refractivity contribution is 5.73. The molecular weight excluding hydrogens is 374 g/mol. The summed E-state index contributed by atoms with van der Waals surface area (Å²) in [7, 11) is 0. The minimum Gasteiger partial charge on any atom is -0.481 e. The van der Waals surface area contributed by atoms with Gasteiger partial charge in [-0.25, -0.2) is 0 Å². The predicted molar refractivity (Wildman–Crippen MR) is 97.4 cm³/mol. The number of hydrogen-bond donors (Lipinski definition) is 5. The van der Waals surface area contributed by atoms with Gasteiger partial charge in [0.15, 0.2) is 6.29 Å². The van der Waals surface area contributed by atoms with Crippen molar-refractivity contribution in [1.29, 1.82) is 0 Å². The topological polar surface area (TPSA) is 155 Å². The Morgan fingerprint density at radius 2 is 1.71 bits per heavy atom. The fraction of sp³-hybridized carbons (Fsp3) is 0.889. The first-order chi connectivity index (χ1) is 12.8. The molecular formula is C18H33NO9. The molecule has 1 saturated heterocycles. The smallest absolute Gasteiger partial charge is 0.306 e. The van der Waals surface area contributed by atoms with E-state index in [0.29, 0.717) is 6.42 Å². The Kier molecular flexibility index (Phi) is 8.79. The first kappa shape index (κ1) is 24.7. The molecule has 5 N–H and O–H groups in total. The highest BCUT2D eigenvalue weighted by Gasteiger charge is 2.47. The van der Waals surface area contributed by atoms with E-state index in [2.05, 4.69) is 5.32 Å². The lowest BCUT2D eigenvalue weighted by atomic mass is 9.96. The summed E-state index contributed by atoms with van der Waals surface area (Å²) in [6.45, 7) is 7.79. The van der Waals surface area contributed by atoms with E-state index < -0.39 is 60.3 Å². The zero-order valence-electron chi connectivity index (χ0n) is 17.0. The predicted octanol–water partition coefficient (Wildman–Crippen LogP) is -0.615. The second-order valence-corrected chi connectivity index (χ2v) is 8.24. The SMILES string of the molecule is CC(=O)N[C@H]1[C@H](OC(C)(C)CCOC(C)(C)CC(=O)O)O[C@H](CO)[C@H](O)[C@@H]1O. The van der Waals surface area contributed by atoms with E-state index in [9.17, 15) is 24.9 Å². The van der Waals surface area contributed by atoms with Crippen LogP contribution in [0.1, 0.15) is 47.5 Å². The average Bonchev–Trinajstić information content (AvgIpc) is 2.52. The third-order valence-corrected chi connectivity index (χ3v) is 4.46. The molecule has 0 bridgehead atoms. The summed E-state index contributed by atoms with van der Waals surface area (Å²) in [5.41, 5.74) is -1.67. The Balaban J connectivity index is 2.76. The van der Waals surface area contributed by atoms with Crippen molar-refractivity contribution in [2.45, 2.75) is 89.3 Å². The largest absolute Gasteiger partial charge is 0.481 e. The summed E-state index contributed by atoms with van der Waals surface area (Å²) in [6.07, 6.45) is -4.72. The van der Waals surface area contributed by atoms with Crippen LogP contribution in [0.5, 0.6) is 0 Å². The molecule has 5 atom stereocenters. The highest BCUT2D eigenvalue weighted by atomic mass is 16.7. The monoisotopic (exact) mass is 407 g/mol. The summed E-state index contributed by atoms with van der Waals surface area (Å²) >= 11 is 0. The quantitative estimate of drug-likeness (QED) is 0.319. The summed E-state index contributed by atoms with van der Waals surface area (Å²) < 4.78 is 17.1. The van der Waals surface area contributed by atoms with E-state index in [4.69, 9.17) is 19.3 Å². The van der Waals surface area contributed by atoms with E-state index >= 15 is 0 Å². The third-order valence-electron chi connectivity index (χ3n) is 4.46. The molecule has 10 heteroatoms. The van der Waals surface area contributed by atoms with Crippen LogP contribution in [0.2, 0.25) is 0 Å². The molecule has 1 aliphatic heterocycles. The number of rotatable bonds is 10. The van der Waals surface area contributed by atoms with Gasteiger partial charge in [0.25, 0.3) is 0 Å². The standard InChI is InChI=1S/C18H33NO9/c1-10(21)19-13-15(25)14(24)11(9-20)27-16(13)28-17(2,3)6-7-26-18(4,5)8-12(22)23/h11,13-16,20,24-25H,6-9H2,1-5H3,(H,19,21)(H,22,23)/t11-,13-,14+,15-,16+/m1/s1. The van der Waals surface area contributed by atoms with Crippen molar-refractivity contribution in [3.8, 4) is 0 Å². The van der Waals surface area contributed by atoms with Crippen LogP contribution in [0.25, 0.3) is 0 Å². The third kappa shape index (κ3) is 7.61. The molecule has 28 heavy (non-hydrogen) atoms. The van der Waals surface area contributed by atoms with Crippen LogP contribution >= 0.6 is 0 Å². The molecule has 0 aromatic carbocycles. The molecule has 0 aliphatic carbocycles. The first-order valence-corrected chi connectivity index (χ1v) is 9.21. The molecule has 1 aliphatic rings. The second-order valence-electron chi connectivity index (χ2n) is 8.24. The van der Waals surface area contributed by atoms with Crippen molar-refractivity contribution in [3.05, 3.63) is 0 Å². The summed E-state index contributed by atoms with van der Waals surface area (Å²) in [5.74, 6) is -1.40. The van der Waals surface area contributed by atoms with Gasteiger partial charge in [-0.1, -0.05) is 0 Å². The van der Waals surface area contributed by atoms with Crippen LogP contribution in [-0.2, 0) is 23.8 Å². The molecule has 0 aromatic heterocycles. The minimum absolute atomic E-state index is 0.146. The molecule has 1 fully saturated rings. The van der Waals surface area contributed by atoms with Gasteiger partial charge >= 0.3 is 5.97 Å². The van der Waals surface area contributed by atoms with Crippen molar-refractivity contribution in [3.63, 3.8) is 0 Å². The fourth-order valence-corrected chi connectivity index (χ4v) is 2.93. The maximum atomic E-state index is 11.5. The number of carbonyl (C=O) groups excluding carboxylic acids is 1. The van der Waals surface area contributed by atoms with Crippen LogP contribution in [0.3, 0.4) is 0 Å². The Bertz CT molecular complexity index is 537. The summed E-state index contributed by atoms with van der Waals surface area (Å²) in [4.78, 5) is 22.3. The van der Waals surface area contributed by atoms with Crippen LogP contribution in [-0.4, -0.2) is 87.4 Å². The van der Waals surface area contributed by atoms with E-state index in [1.165, 1.54) is 6.92 Å². The number of aliphatic hydroxyl groups is 3. The summed E-state index contributed by atoms with van der Waals surface area (Å²) in [5, 5.41) is 41.1. The van der Waals surface area contributed by atoms with Gasteiger partial charge in [-0.05, 0) is 34.1 Å². The second kappa shape index (κ2) is 9.95. The Morgan fingerprint density at radius 1 is 1.11 bits per heavy atom. The molecule has 0 spiro atoms. The number of ether oxygens (including phenoxy) is 3. The van der Waals surface area contributed by atoms with Crippen LogP contribution in [0.15, 0.2) is 0 Å². The number of aliphatic carboxylic acids is 1. The number of aliphatic hydroxyl groups excluding tert-OH is 3. The lowest BCUT2D eigenvalue weighted by molar-refractivity contribution is -0.297. The molecule has 164 valence electrons. The van der Waals surface area contributed by atoms with Crippen molar-refractivity contribution in [2.24, 2.45) is 0 Å². The number of carbonyl (C=O) groups is 2. The van der Waals surface area contributed by atoms with Gasteiger partial charge in [-0.15, -0.1) is 0 Å². The van der Waals surface area contributed by atoms with Gasteiger partial charge in [-0.3, -0.25) is 9.59 Å². The van der Waals surface area contributed by atoms with Gasteiger partial charge in [0.2, 0.25) is 5.91 Å². The van der Waals surface area contributed by atoms with Gasteiger partial charge in [0.1, 0.15) is 24.4 Å². The normalized spacial score (nSPS) is 28.8. The molecule has 0 saturated carbocycles. The average molecular weight is 407 g/mol. The molecule has 0 unspecified atom stereocenters. The molecule has 0 radical (unpaired) electrons. The van der Waals surface area contributed by atoms with Crippen molar-refractivity contribution < 1.29 is 44.2 Å². The number of amides is 1. The maximum absolute atomic E-state index is 11.5. The van der Waals surface area contributed by atoms with Crippen LogP contribution in [0.4, 0.5) is 0 Å². The van der Waals surface area contributed by atoms with E-state index in [-0.39, 0.29) is 13.0 Å².